The number of hydrogen-bond acceptors (Lipinski definition) is 6. The summed E-state index contributed by atoms with van der Waals surface area (Å²) < 4.78 is 16.6. The Morgan fingerprint density at radius 1 is 0.438 bits per heavy atom. The van der Waals surface area contributed by atoms with Gasteiger partial charge in [-0.25, -0.2) is 0 Å². The van der Waals surface area contributed by atoms with Gasteiger partial charge in [0.2, 0.25) is 0 Å². The molecule has 0 bridgehead atoms. The van der Waals surface area contributed by atoms with Crippen molar-refractivity contribution in [3.05, 3.63) is 0 Å². The number of ether oxygens (including phenoxy) is 3. The first-order valence-corrected chi connectivity index (χ1v) is 20.8. The lowest BCUT2D eigenvalue weighted by Crippen LogP contribution is -2.30. The summed E-state index contributed by atoms with van der Waals surface area (Å²) in [6.45, 7) is 11.2. The van der Waals surface area contributed by atoms with E-state index in [1.54, 1.807) is 0 Å². The first-order chi connectivity index (χ1) is 23.3. The standard InChI is InChI=1S/C42H80O6/c1-6-8-9-10-11-12-13-16-22-27-32-40(43)46-35-39(48-42(45)34-29-24-19-18-21-26-31-38(5)7-2)36-47-41(44)33-28-23-17-14-15-20-25-30-37(3)4/h37-39H,6-36H2,1-5H3/t38?,39-/m0/s1. The molecule has 0 aliphatic rings. The summed E-state index contributed by atoms with van der Waals surface area (Å²) in [5, 5.41) is 0. The highest BCUT2D eigenvalue weighted by Crippen LogP contribution is 2.16. The van der Waals surface area contributed by atoms with Gasteiger partial charge in [0.15, 0.2) is 6.10 Å². The van der Waals surface area contributed by atoms with Gasteiger partial charge in [-0.05, 0) is 31.1 Å². The first kappa shape index (κ1) is 46.4. The molecule has 0 saturated heterocycles. The van der Waals surface area contributed by atoms with E-state index in [0.717, 1.165) is 69.6 Å². The second kappa shape index (κ2) is 35.2. The number of unbranched alkanes of at least 4 members (excludes halogenated alkanes) is 20. The predicted octanol–water partition coefficient (Wildman–Crippen LogP) is 12.6. The van der Waals surface area contributed by atoms with Crippen LogP contribution in [0.25, 0.3) is 0 Å². The third-order valence-corrected chi connectivity index (χ3v) is 9.58. The Morgan fingerprint density at radius 2 is 0.792 bits per heavy atom. The lowest BCUT2D eigenvalue weighted by atomic mass is 10.00. The van der Waals surface area contributed by atoms with Crippen molar-refractivity contribution in [3.8, 4) is 0 Å². The van der Waals surface area contributed by atoms with Gasteiger partial charge in [-0.3, -0.25) is 14.4 Å². The van der Waals surface area contributed by atoms with Gasteiger partial charge < -0.3 is 14.2 Å². The summed E-state index contributed by atoms with van der Waals surface area (Å²) in [4.78, 5) is 37.5. The number of hydrogen-bond donors (Lipinski definition) is 0. The third-order valence-electron chi connectivity index (χ3n) is 9.58. The summed E-state index contributed by atoms with van der Waals surface area (Å²) in [6.07, 6.45) is 31.0. The van der Waals surface area contributed by atoms with Gasteiger partial charge in [-0.15, -0.1) is 0 Å². The third kappa shape index (κ3) is 34.3. The van der Waals surface area contributed by atoms with Crippen molar-refractivity contribution in [2.45, 2.75) is 227 Å². The fourth-order valence-corrected chi connectivity index (χ4v) is 6.01. The Hall–Kier alpha value is -1.59. The van der Waals surface area contributed by atoms with Crippen LogP contribution in [0.15, 0.2) is 0 Å². The molecule has 0 fully saturated rings. The van der Waals surface area contributed by atoms with Crippen LogP contribution < -0.4 is 0 Å². The monoisotopic (exact) mass is 681 g/mol. The average molecular weight is 681 g/mol. The quantitative estimate of drug-likeness (QED) is 0.0372. The van der Waals surface area contributed by atoms with Crippen LogP contribution >= 0.6 is 0 Å². The molecule has 48 heavy (non-hydrogen) atoms. The largest absolute Gasteiger partial charge is 0.462 e. The SMILES string of the molecule is CCCCCCCCCCCCC(=O)OC[C@@H](COC(=O)CCCCCCCCCC(C)C)OC(=O)CCCCCCCCC(C)CC. The van der Waals surface area contributed by atoms with Crippen molar-refractivity contribution in [1.82, 2.24) is 0 Å². The molecule has 0 aromatic rings. The molecule has 6 heteroatoms. The van der Waals surface area contributed by atoms with Gasteiger partial charge in [-0.2, -0.15) is 0 Å². The molecule has 0 N–H and O–H groups in total. The van der Waals surface area contributed by atoms with E-state index in [4.69, 9.17) is 14.2 Å². The van der Waals surface area contributed by atoms with Crippen molar-refractivity contribution < 1.29 is 28.6 Å². The maximum atomic E-state index is 12.6. The zero-order chi connectivity index (χ0) is 35.5. The second-order valence-electron chi connectivity index (χ2n) is 15.0. The highest BCUT2D eigenvalue weighted by molar-refractivity contribution is 5.71. The molecule has 0 aliphatic carbocycles. The molecule has 2 atom stereocenters. The molecule has 0 radical (unpaired) electrons. The van der Waals surface area contributed by atoms with Crippen molar-refractivity contribution in [2.24, 2.45) is 11.8 Å². The number of carbonyl (C=O) groups excluding carboxylic acids is 3. The average Bonchev–Trinajstić information content (AvgIpc) is 3.06. The zero-order valence-corrected chi connectivity index (χ0v) is 32.6. The molecule has 0 rings (SSSR count). The molecule has 0 aliphatic heterocycles. The lowest BCUT2D eigenvalue weighted by Gasteiger charge is -2.18. The highest BCUT2D eigenvalue weighted by atomic mass is 16.6. The molecule has 6 nitrogen and oxygen atoms in total. The molecule has 284 valence electrons. The van der Waals surface area contributed by atoms with E-state index in [2.05, 4.69) is 34.6 Å². The van der Waals surface area contributed by atoms with Crippen LogP contribution in [0.3, 0.4) is 0 Å². The van der Waals surface area contributed by atoms with Gasteiger partial charge in [-0.1, -0.05) is 182 Å². The predicted molar refractivity (Wildman–Crippen MR) is 201 cm³/mol. The number of esters is 3. The maximum absolute atomic E-state index is 12.6. The lowest BCUT2D eigenvalue weighted by molar-refractivity contribution is -0.167. The molecule has 0 aromatic carbocycles. The van der Waals surface area contributed by atoms with E-state index in [1.165, 1.54) is 109 Å². The van der Waals surface area contributed by atoms with E-state index < -0.39 is 6.10 Å². The molecule has 0 saturated carbocycles. The topological polar surface area (TPSA) is 78.9 Å². The second-order valence-corrected chi connectivity index (χ2v) is 15.0. The van der Waals surface area contributed by atoms with Crippen molar-refractivity contribution >= 4 is 17.9 Å². The van der Waals surface area contributed by atoms with Gasteiger partial charge in [0, 0.05) is 19.3 Å². The Bertz CT molecular complexity index is 736. The highest BCUT2D eigenvalue weighted by Gasteiger charge is 2.19. The van der Waals surface area contributed by atoms with Crippen molar-refractivity contribution in [2.75, 3.05) is 13.2 Å². The molecule has 1 unspecified atom stereocenters. The minimum absolute atomic E-state index is 0.0669. The Kier molecular flexibility index (Phi) is 34.1. The summed E-state index contributed by atoms with van der Waals surface area (Å²) in [7, 11) is 0. The van der Waals surface area contributed by atoms with Gasteiger partial charge in [0.1, 0.15) is 13.2 Å². The minimum atomic E-state index is -0.760. The number of rotatable bonds is 36. The Labute approximate surface area is 298 Å². The summed E-state index contributed by atoms with van der Waals surface area (Å²) in [5.41, 5.74) is 0. The van der Waals surface area contributed by atoms with Gasteiger partial charge in [0.05, 0.1) is 0 Å². The summed E-state index contributed by atoms with van der Waals surface area (Å²) in [6, 6.07) is 0. The fourth-order valence-electron chi connectivity index (χ4n) is 6.01. The summed E-state index contributed by atoms with van der Waals surface area (Å²) in [5.74, 6) is 0.721. The fraction of sp³-hybridized carbons (Fsp3) is 0.929. The molecular weight excluding hydrogens is 600 g/mol. The van der Waals surface area contributed by atoms with Crippen LogP contribution in [0.2, 0.25) is 0 Å². The van der Waals surface area contributed by atoms with Crippen LogP contribution in [0, 0.1) is 11.8 Å². The van der Waals surface area contributed by atoms with E-state index >= 15 is 0 Å². The van der Waals surface area contributed by atoms with Crippen LogP contribution in [0.4, 0.5) is 0 Å². The number of carbonyl (C=O) groups is 3. The van der Waals surface area contributed by atoms with E-state index in [-0.39, 0.29) is 31.1 Å². The molecule has 0 heterocycles. The summed E-state index contributed by atoms with van der Waals surface area (Å²) >= 11 is 0. The molecule has 0 spiro atoms. The molecule has 0 aromatic heterocycles. The Morgan fingerprint density at radius 3 is 1.19 bits per heavy atom. The van der Waals surface area contributed by atoms with Crippen molar-refractivity contribution in [3.63, 3.8) is 0 Å². The maximum Gasteiger partial charge on any atom is 0.306 e. The first-order valence-electron chi connectivity index (χ1n) is 20.8. The molecule has 0 amide bonds. The van der Waals surface area contributed by atoms with Crippen molar-refractivity contribution in [1.29, 1.82) is 0 Å². The van der Waals surface area contributed by atoms with Crippen LogP contribution in [0.5, 0.6) is 0 Å². The van der Waals surface area contributed by atoms with Crippen LogP contribution in [0.1, 0.15) is 221 Å². The van der Waals surface area contributed by atoms with Gasteiger partial charge in [0.25, 0.3) is 0 Å². The smallest absolute Gasteiger partial charge is 0.306 e. The zero-order valence-electron chi connectivity index (χ0n) is 32.6. The van der Waals surface area contributed by atoms with Crippen LogP contribution in [-0.2, 0) is 28.6 Å². The van der Waals surface area contributed by atoms with Gasteiger partial charge >= 0.3 is 17.9 Å². The van der Waals surface area contributed by atoms with E-state index in [0.29, 0.717) is 19.3 Å². The van der Waals surface area contributed by atoms with E-state index in [1.807, 2.05) is 0 Å². The van der Waals surface area contributed by atoms with E-state index in [9.17, 15) is 14.4 Å². The normalized spacial score (nSPS) is 12.6. The minimum Gasteiger partial charge on any atom is -0.462 e. The van der Waals surface area contributed by atoms with Crippen LogP contribution in [-0.4, -0.2) is 37.2 Å². The molecular formula is C42H80O6. The Balaban J connectivity index is 4.37.